The molecule has 5 heteroatoms. The quantitative estimate of drug-likeness (QED) is 0.737. The van der Waals surface area contributed by atoms with Gasteiger partial charge in [0.05, 0.1) is 12.2 Å². The Morgan fingerprint density at radius 3 is 2.38 bits per heavy atom. The molecule has 0 bridgehead atoms. The molecule has 134 valence electrons. The Morgan fingerprint density at radius 1 is 1.08 bits per heavy atom. The Bertz CT molecular complexity index is 575. The van der Waals surface area contributed by atoms with Crippen molar-refractivity contribution in [2.45, 2.75) is 72.1 Å². The Balaban J connectivity index is 2.36. The van der Waals surface area contributed by atoms with Crippen molar-refractivity contribution in [3.63, 3.8) is 0 Å². The van der Waals surface area contributed by atoms with Gasteiger partial charge in [0.1, 0.15) is 5.00 Å². The smallest absolute Gasteiger partial charge is 0.341 e. The maximum absolute atomic E-state index is 12.5. The minimum absolute atomic E-state index is 0.00951. The Labute approximate surface area is 149 Å². The van der Waals surface area contributed by atoms with E-state index in [0.29, 0.717) is 17.2 Å². The van der Waals surface area contributed by atoms with Crippen molar-refractivity contribution < 1.29 is 14.3 Å². The van der Waals surface area contributed by atoms with Crippen molar-refractivity contribution in [2.75, 3.05) is 11.9 Å². The van der Waals surface area contributed by atoms with Crippen molar-refractivity contribution >= 4 is 28.2 Å². The monoisotopic (exact) mass is 351 g/mol. The summed E-state index contributed by atoms with van der Waals surface area (Å²) in [5.74, 6) is -0.292. The normalized spacial score (nSPS) is 14.7. The van der Waals surface area contributed by atoms with Crippen LogP contribution in [0.1, 0.15) is 80.1 Å². The second-order valence-electron chi connectivity index (χ2n) is 6.35. The van der Waals surface area contributed by atoms with Gasteiger partial charge in [-0.2, -0.15) is 0 Å². The molecule has 0 fully saturated rings. The van der Waals surface area contributed by atoms with Crippen LogP contribution in [0.15, 0.2) is 0 Å². The van der Waals surface area contributed by atoms with Crippen LogP contribution in [-0.4, -0.2) is 18.5 Å². The van der Waals surface area contributed by atoms with Crippen LogP contribution < -0.4 is 5.32 Å². The van der Waals surface area contributed by atoms with Crippen LogP contribution in [0.2, 0.25) is 0 Å². The van der Waals surface area contributed by atoms with E-state index in [1.807, 2.05) is 20.8 Å². The first kappa shape index (κ1) is 19.0. The number of ether oxygens (including phenoxy) is 1. The first-order chi connectivity index (χ1) is 11.6. The number of hydrogen-bond acceptors (Lipinski definition) is 4. The minimum atomic E-state index is -0.296. The van der Waals surface area contributed by atoms with Gasteiger partial charge in [0.2, 0.25) is 5.91 Å². The SMILES string of the molecule is CCOC(=O)c1c(NC(=O)C(CC)CC)sc2c1CCCCCC2. The molecular formula is C19H29NO3S. The molecule has 0 aromatic carbocycles. The number of aryl methyl sites for hydroxylation is 1. The highest BCUT2D eigenvalue weighted by molar-refractivity contribution is 7.17. The summed E-state index contributed by atoms with van der Waals surface area (Å²) in [6, 6.07) is 0. The minimum Gasteiger partial charge on any atom is -0.462 e. The molecule has 2 rings (SSSR count). The highest BCUT2D eigenvalue weighted by atomic mass is 32.1. The predicted octanol–water partition coefficient (Wildman–Crippen LogP) is 4.96. The van der Waals surface area contributed by atoms with Crippen LogP contribution in [0, 0.1) is 5.92 Å². The molecule has 1 aliphatic rings. The fraction of sp³-hybridized carbons (Fsp3) is 0.684. The summed E-state index contributed by atoms with van der Waals surface area (Å²) in [4.78, 5) is 26.3. The summed E-state index contributed by atoms with van der Waals surface area (Å²) >= 11 is 1.57. The highest BCUT2D eigenvalue weighted by Gasteiger charge is 2.27. The molecule has 4 nitrogen and oxygen atoms in total. The summed E-state index contributed by atoms with van der Waals surface area (Å²) < 4.78 is 5.28. The number of amides is 1. The number of carbonyl (C=O) groups is 2. The summed E-state index contributed by atoms with van der Waals surface area (Å²) in [5.41, 5.74) is 1.72. The number of hydrogen-bond donors (Lipinski definition) is 1. The van der Waals surface area contributed by atoms with Gasteiger partial charge in [0.25, 0.3) is 0 Å². The van der Waals surface area contributed by atoms with E-state index in [2.05, 4.69) is 5.32 Å². The maximum Gasteiger partial charge on any atom is 0.341 e. The molecule has 1 aromatic rings. The first-order valence-corrected chi connectivity index (χ1v) is 10.1. The molecular weight excluding hydrogens is 322 g/mol. The predicted molar refractivity (Wildman–Crippen MR) is 98.9 cm³/mol. The zero-order valence-corrected chi connectivity index (χ0v) is 15.9. The number of rotatable bonds is 6. The van der Waals surface area contributed by atoms with E-state index >= 15 is 0 Å². The van der Waals surface area contributed by atoms with Gasteiger partial charge in [-0.05, 0) is 51.0 Å². The number of esters is 1. The van der Waals surface area contributed by atoms with Gasteiger partial charge in [-0.1, -0.05) is 26.7 Å². The highest BCUT2D eigenvalue weighted by Crippen LogP contribution is 2.38. The van der Waals surface area contributed by atoms with Gasteiger partial charge in [0, 0.05) is 10.8 Å². The van der Waals surface area contributed by atoms with Gasteiger partial charge < -0.3 is 10.1 Å². The van der Waals surface area contributed by atoms with E-state index in [0.717, 1.165) is 44.1 Å². The van der Waals surface area contributed by atoms with Crippen LogP contribution in [0.25, 0.3) is 0 Å². The van der Waals surface area contributed by atoms with Crippen LogP contribution in [0.5, 0.6) is 0 Å². The molecule has 0 unspecified atom stereocenters. The lowest BCUT2D eigenvalue weighted by Gasteiger charge is -2.13. The molecule has 1 aliphatic carbocycles. The van der Waals surface area contributed by atoms with Crippen LogP contribution in [-0.2, 0) is 22.4 Å². The lowest BCUT2D eigenvalue weighted by molar-refractivity contribution is -0.120. The Kier molecular flexibility index (Phi) is 7.28. The average molecular weight is 352 g/mol. The van der Waals surface area contributed by atoms with Crippen LogP contribution in [0.3, 0.4) is 0 Å². The third-order valence-corrected chi connectivity index (χ3v) is 5.95. The summed E-state index contributed by atoms with van der Waals surface area (Å²) in [6.07, 6.45) is 8.19. The van der Waals surface area contributed by atoms with E-state index < -0.39 is 0 Å². The van der Waals surface area contributed by atoms with Crippen molar-refractivity contribution in [3.05, 3.63) is 16.0 Å². The molecule has 24 heavy (non-hydrogen) atoms. The van der Waals surface area contributed by atoms with Crippen molar-refractivity contribution in [2.24, 2.45) is 5.92 Å². The molecule has 0 radical (unpaired) electrons. The zero-order valence-electron chi connectivity index (χ0n) is 15.1. The van der Waals surface area contributed by atoms with E-state index in [-0.39, 0.29) is 17.8 Å². The van der Waals surface area contributed by atoms with Gasteiger partial charge in [-0.3, -0.25) is 4.79 Å². The lowest BCUT2D eigenvalue weighted by Crippen LogP contribution is -2.22. The molecule has 0 spiro atoms. The van der Waals surface area contributed by atoms with E-state index in [1.54, 1.807) is 11.3 Å². The Hall–Kier alpha value is -1.36. The lowest BCUT2D eigenvalue weighted by atomic mass is 9.96. The van der Waals surface area contributed by atoms with E-state index in [1.165, 1.54) is 17.7 Å². The maximum atomic E-state index is 12.5. The van der Waals surface area contributed by atoms with Crippen LogP contribution >= 0.6 is 11.3 Å². The Morgan fingerprint density at radius 2 is 1.75 bits per heavy atom. The topological polar surface area (TPSA) is 55.4 Å². The summed E-state index contributed by atoms with van der Waals surface area (Å²) in [7, 11) is 0. The molecule has 1 heterocycles. The molecule has 1 aromatic heterocycles. The zero-order chi connectivity index (χ0) is 17.5. The van der Waals surface area contributed by atoms with E-state index in [4.69, 9.17) is 4.74 Å². The first-order valence-electron chi connectivity index (χ1n) is 9.24. The van der Waals surface area contributed by atoms with Crippen molar-refractivity contribution in [1.82, 2.24) is 0 Å². The molecule has 0 aliphatic heterocycles. The largest absolute Gasteiger partial charge is 0.462 e. The number of thiophene rings is 1. The number of fused-ring (bicyclic) bond motifs is 1. The molecule has 1 amide bonds. The molecule has 0 saturated heterocycles. The molecule has 1 N–H and O–H groups in total. The third-order valence-electron chi connectivity index (χ3n) is 4.74. The third kappa shape index (κ3) is 4.38. The molecule has 0 atom stereocenters. The molecule has 0 saturated carbocycles. The number of carbonyl (C=O) groups excluding carboxylic acids is 2. The second-order valence-corrected chi connectivity index (χ2v) is 7.45. The fourth-order valence-electron chi connectivity index (χ4n) is 3.30. The van der Waals surface area contributed by atoms with Gasteiger partial charge >= 0.3 is 5.97 Å². The average Bonchev–Trinajstić information content (AvgIpc) is 2.85. The summed E-state index contributed by atoms with van der Waals surface area (Å²) in [6.45, 7) is 6.21. The standard InChI is InChI=1S/C19H29NO3S/c1-4-13(5-2)17(21)20-18-16(19(22)23-6-3)14-11-9-7-8-10-12-15(14)24-18/h13H,4-12H2,1-3H3,(H,20,21). The fourth-order valence-corrected chi connectivity index (χ4v) is 4.58. The second kappa shape index (κ2) is 9.21. The van der Waals surface area contributed by atoms with Gasteiger partial charge in [-0.25, -0.2) is 4.79 Å². The van der Waals surface area contributed by atoms with Crippen molar-refractivity contribution in [3.8, 4) is 0 Å². The number of anilines is 1. The van der Waals surface area contributed by atoms with E-state index in [9.17, 15) is 9.59 Å². The number of nitrogens with one attached hydrogen (secondary N) is 1. The van der Waals surface area contributed by atoms with Crippen molar-refractivity contribution in [1.29, 1.82) is 0 Å². The van der Waals surface area contributed by atoms with Crippen LogP contribution in [0.4, 0.5) is 5.00 Å². The van der Waals surface area contributed by atoms with Gasteiger partial charge in [-0.15, -0.1) is 11.3 Å². The summed E-state index contributed by atoms with van der Waals surface area (Å²) in [5, 5.41) is 3.72. The van der Waals surface area contributed by atoms with Gasteiger partial charge in [0.15, 0.2) is 0 Å².